The van der Waals surface area contributed by atoms with Crippen LogP contribution in [0.4, 0.5) is 0 Å². The van der Waals surface area contributed by atoms with Gasteiger partial charge in [-0.1, -0.05) is 0 Å². The second-order valence-electron chi connectivity index (χ2n) is 4.63. The molecule has 1 rings (SSSR count). The Hall–Kier alpha value is -1.56. The SMILES string of the molecule is COc1cc(C)sc1C(=O)NCC(C)(C)C(=O)O. The lowest BCUT2D eigenvalue weighted by Gasteiger charge is -2.19. The minimum atomic E-state index is -0.991. The molecule has 0 aliphatic heterocycles. The number of hydrogen-bond donors (Lipinski definition) is 2. The summed E-state index contributed by atoms with van der Waals surface area (Å²) in [6.45, 7) is 5.07. The smallest absolute Gasteiger partial charge is 0.310 e. The first-order chi connectivity index (χ1) is 8.27. The second-order valence-corrected chi connectivity index (χ2v) is 5.88. The molecule has 0 saturated heterocycles. The number of nitrogens with one attached hydrogen (secondary N) is 1. The van der Waals surface area contributed by atoms with Crippen molar-refractivity contribution in [3.63, 3.8) is 0 Å². The Morgan fingerprint density at radius 3 is 2.61 bits per heavy atom. The molecule has 0 saturated carbocycles. The van der Waals surface area contributed by atoms with Crippen LogP contribution in [-0.2, 0) is 4.79 Å². The molecule has 0 bridgehead atoms. The number of ether oxygens (including phenoxy) is 1. The van der Waals surface area contributed by atoms with Crippen molar-refractivity contribution in [2.75, 3.05) is 13.7 Å². The van der Waals surface area contributed by atoms with Gasteiger partial charge in [-0.2, -0.15) is 0 Å². The Balaban J connectivity index is 2.74. The van der Waals surface area contributed by atoms with Gasteiger partial charge in [0.15, 0.2) is 0 Å². The molecule has 6 heteroatoms. The van der Waals surface area contributed by atoms with E-state index in [2.05, 4.69) is 5.32 Å². The summed E-state index contributed by atoms with van der Waals surface area (Å²) in [4.78, 5) is 24.3. The minimum Gasteiger partial charge on any atom is -0.495 e. The van der Waals surface area contributed by atoms with Crippen LogP contribution >= 0.6 is 11.3 Å². The van der Waals surface area contributed by atoms with Crippen LogP contribution in [0.15, 0.2) is 6.07 Å². The molecule has 2 N–H and O–H groups in total. The molecular formula is C12H17NO4S. The Labute approximate surface area is 110 Å². The summed E-state index contributed by atoms with van der Waals surface area (Å²) in [5.74, 6) is -0.737. The van der Waals surface area contributed by atoms with Gasteiger partial charge in [-0.05, 0) is 26.8 Å². The maximum atomic E-state index is 11.9. The number of carbonyl (C=O) groups is 2. The van der Waals surface area contributed by atoms with Crippen molar-refractivity contribution in [3.05, 3.63) is 15.8 Å². The number of methoxy groups -OCH3 is 1. The molecule has 0 aromatic carbocycles. The highest BCUT2D eigenvalue weighted by atomic mass is 32.1. The summed E-state index contributed by atoms with van der Waals surface area (Å²) >= 11 is 1.32. The molecule has 5 nitrogen and oxygen atoms in total. The third kappa shape index (κ3) is 3.22. The lowest BCUT2D eigenvalue weighted by molar-refractivity contribution is -0.146. The van der Waals surface area contributed by atoms with E-state index in [4.69, 9.17) is 9.84 Å². The van der Waals surface area contributed by atoms with Gasteiger partial charge in [0.2, 0.25) is 0 Å². The van der Waals surface area contributed by atoms with Crippen molar-refractivity contribution >= 4 is 23.2 Å². The highest BCUT2D eigenvalue weighted by Crippen LogP contribution is 2.28. The first-order valence-corrected chi connectivity index (χ1v) is 6.25. The van der Waals surface area contributed by atoms with Gasteiger partial charge in [0.05, 0.1) is 12.5 Å². The molecule has 0 unspecified atom stereocenters. The van der Waals surface area contributed by atoms with Crippen LogP contribution < -0.4 is 10.1 Å². The molecule has 100 valence electrons. The summed E-state index contributed by atoms with van der Waals surface area (Å²) in [5, 5.41) is 11.6. The fourth-order valence-corrected chi connectivity index (χ4v) is 2.15. The number of aliphatic carboxylic acids is 1. The molecule has 0 aliphatic carbocycles. The quantitative estimate of drug-likeness (QED) is 0.857. The van der Waals surface area contributed by atoms with Gasteiger partial charge in [-0.15, -0.1) is 11.3 Å². The van der Waals surface area contributed by atoms with E-state index in [-0.39, 0.29) is 12.5 Å². The topological polar surface area (TPSA) is 75.6 Å². The Morgan fingerprint density at radius 2 is 2.11 bits per heavy atom. The largest absolute Gasteiger partial charge is 0.495 e. The normalized spacial score (nSPS) is 11.1. The highest BCUT2D eigenvalue weighted by molar-refractivity contribution is 7.14. The van der Waals surface area contributed by atoms with Gasteiger partial charge in [-0.3, -0.25) is 9.59 Å². The van der Waals surface area contributed by atoms with Gasteiger partial charge >= 0.3 is 5.97 Å². The van der Waals surface area contributed by atoms with Crippen LogP contribution in [0.3, 0.4) is 0 Å². The molecule has 0 atom stereocenters. The van der Waals surface area contributed by atoms with Gasteiger partial charge in [0.25, 0.3) is 5.91 Å². The third-order valence-electron chi connectivity index (χ3n) is 2.52. The monoisotopic (exact) mass is 271 g/mol. The number of thiophene rings is 1. The molecule has 0 fully saturated rings. The van der Waals surface area contributed by atoms with Crippen LogP contribution in [0.1, 0.15) is 28.4 Å². The number of amides is 1. The molecule has 0 spiro atoms. The number of carbonyl (C=O) groups excluding carboxylic acids is 1. The molecular weight excluding hydrogens is 254 g/mol. The van der Waals surface area contributed by atoms with Gasteiger partial charge in [0, 0.05) is 11.4 Å². The highest BCUT2D eigenvalue weighted by Gasteiger charge is 2.28. The molecule has 1 heterocycles. The summed E-state index contributed by atoms with van der Waals surface area (Å²) in [5.41, 5.74) is -0.991. The number of carboxylic acids is 1. The van der Waals surface area contributed by atoms with E-state index < -0.39 is 11.4 Å². The first-order valence-electron chi connectivity index (χ1n) is 5.44. The first kappa shape index (κ1) is 14.5. The predicted octanol–water partition coefficient (Wildman–Crippen LogP) is 1.91. The zero-order chi connectivity index (χ0) is 13.9. The summed E-state index contributed by atoms with van der Waals surface area (Å²) in [6, 6.07) is 1.78. The van der Waals surface area contributed by atoms with Crippen molar-refractivity contribution in [2.45, 2.75) is 20.8 Å². The molecule has 0 radical (unpaired) electrons. The predicted molar refractivity (Wildman–Crippen MR) is 69.4 cm³/mol. The lowest BCUT2D eigenvalue weighted by Crippen LogP contribution is -2.38. The fraction of sp³-hybridized carbons (Fsp3) is 0.500. The van der Waals surface area contributed by atoms with E-state index in [0.717, 1.165) is 4.88 Å². The van der Waals surface area contributed by atoms with Gasteiger partial charge < -0.3 is 15.2 Å². The minimum absolute atomic E-state index is 0.0707. The van der Waals surface area contributed by atoms with E-state index in [9.17, 15) is 9.59 Å². The fourth-order valence-electron chi connectivity index (χ4n) is 1.26. The number of aryl methyl sites for hydroxylation is 1. The maximum Gasteiger partial charge on any atom is 0.310 e. The van der Waals surface area contributed by atoms with Gasteiger partial charge in [-0.25, -0.2) is 0 Å². The summed E-state index contributed by atoms with van der Waals surface area (Å²) in [7, 11) is 1.50. The van der Waals surface area contributed by atoms with Crippen molar-refractivity contribution in [1.82, 2.24) is 5.32 Å². The Morgan fingerprint density at radius 1 is 1.50 bits per heavy atom. The average molecular weight is 271 g/mol. The van der Waals surface area contributed by atoms with E-state index >= 15 is 0 Å². The van der Waals surface area contributed by atoms with Crippen molar-refractivity contribution in [3.8, 4) is 5.75 Å². The van der Waals surface area contributed by atoms with E-state index in [0.29, 0.717) is 10.6 Å². The van der Waals surface area contributed by atoms with Crippen molar-refractivity contribution in [2.24, 2.45) is 5.41 Å². The summed E-state index contributed by atoms with van der Waals surface area (Å²) < 4.78 is 5.10. The molecule has 18 heavy (non-hydrogen) atoms. The molecule has 0 aliphatic rings. The maximum absolute atomic E-state index is 11.9. The van der Waals surface area contributed by atoms with Crippen LogP contribution in [0.5, 0.6) is 5.75 Å². The third-order valence-corrected chi connectivity index (χ3v) is 3.55. The van der Waals surface area contributed by atoms with Crippen LogP contribution in [0.25, 0.3) is 0 Å². The number of rotatable bonds is 5. The van der Waals surface area contributed by atoms with Crippen LogP contribution in [0.2, 0.25) is 0 Å². The molecule has 1 amide bonds. The van der Waals surface area contributed by atoms with E-state index in [1.165, 1.54) is 18.4 Å². The van der Waals surface area contributed by atoms with Crippen molar-refractivity contribution in [1.29, 1.82) is 0 Å². The Kier molecular flexibility index (Phi) is 4.34. The van der Waals surface area contributed by atoms with E-state index in [1.807, 2.05) is 6.92 Å². The van der Waals surface area contributed by atoms with E-state index in [1.54, 1.807) is 19.9 Å². The molecule has 1 aromatic heterocycles. The molecule has 1 aromatic rings. The second kappa shape index (κ2) is 5.39. The number of hydrogen-bond acceptors (Lipinski definition) is 4. The van der Waals surface area contributed by atoms with Gasteiger partial charge in [0.1, 0.15) is 10.6 Å². The summed E-state index contributed by atoms with van der Waals surface area (Å²) in [6.07, 6.45) is 0. The average Bonchev–Trinajstić information content (AvgIpc) is 2.67. The lowest BCUT2D eigenvalue weighted by atomic mass is 9.94. The zero-order valence-corrected chi connectivity index (χ0v) is 11.7. The number of carboxylic acid groups (broad SMARTS) is 1. The zero-order valence-electron chi connectivity index (χ0n) is 10.9. The standard InChI is InChI=1S/C12H17NO4S/c1-7-5-8(17-4)9(18-7)10(14)13-6-12(2,3)11(15)16/h5H,6H2,1-4H3,(H,13,14)(H,15,16). The van der Waals surface area contributed by atoms with Crippen LogP contribution in [0, 0.1) is 12.3 Å². The Bertz CT molecular complexity index is 465. The van der Waals surface area contributed by atoms with Crippen LogP contribution in [-0.4, -0.2) is 30.6 Å². The van der Waals surface area contributed by atoms with Crippen molar-refractivity contribution < 1.29 is 19.4 Å².